The van der Waals surface area contributed by atoms with Crippen LogP contribution in [0.4, 0.5) is 0 Å². The first-order chi connectivity index (χ1) is 8.21. The molecule has 5 heteroatoms. The zero-order chi connectivity index (χ0) is 12.7. The number of aliphatic hydroxyl groups is 1. The Kier molecular flexibility index (Phi) is 5.14. The number of nitrogens with zero attached hydrogens (tertiary/aromatic N) is 1. The summed E-state index contributed by atoms with van der Waals surface area (Å²) in [5.41, 5.74) is 0.809. The molecular weight excluding hydrogens is 220 g/mol. The van der Waals surface area contributed by atoms with Crippen LogP contribution in [0.1, 0.15) is 15.9 Å². The Morgan fingerprint density at radius 3 is 3.00 bits per heavy atom. The van der Waals surface area contributed by atoms with Crippen LogP contribution in [-0.4, -0.2) is 37.4 Å². The van der Waals surface area contributed by atoms with Gasteiger partial charge in [-0.15, -0.1) is 0 Å². The van der Waals surface area contributed by atoms with Crippen molar-refractivity contribution in [1.82, 2.24) is 5.32 Å². The molecule has 0 saturated heterocycles. The highest BCUT2D eigenvalue weighted by Crippen LogP contribution is 2.04. The molecule has 0 heterocycles. The quantitative estimate of drug-likeness (QED) is 0.767. The Morgan fingerprint density at radius 1 is 1.65 bits per heavy atom. The number of carbonyl (C=O) groups excluding carboxylic acids is 1. The van der Waals surface area contributed by atoms with Gasteiger partial charge in [-0.2, -0.15) is 5.26 Å². The van der Waals surface area contributed by atoms with E-state index in [2.05, 4.69) is 5.32 Å². The second kappa shape index (κ2) is 6.63. The van der Waals surface area contributed by atoms with Crippen molar-refractivity contribution in [3.8, 4) is 6.07 Å². The van der Waals surface area contributed by atoms with E-state index in [0.29, 0.717) is 11.1 Å². The molecule has 0 aliphatic carbocycles. The first kappa shape index (κ1) is 13.2. The molecule has 0 aliphatic rings. The van der Waals surface area contributed by atoms with Gasteiger partial charge in [0.2, 0.25) is 0 Å². The highest BCUT2D eigenvalue weighted by atomic mass is 16.5. The molecule has 0 bridgehead atoms. The van der Waals surface area contributed by atoms with Crippen molar-refractivity contribution in [3.05, 3.63) is 35.4 Å². The van der Waals surface area contributed by atoms with Crippen LogP contribution >= 0.6 is 0 Å². The topological polar surface area (TPSA) is 82.3 Å². The summed E-state index contributed by atoms with van der Waals surface area (Å²) in [6, 6.07) is 7.88. The van der Waals surface area contributed by atoms with Crippen LogP contribution in [0.15, 0.2) is 24.3 Å². The van der Waals surface area contributed by atoms with Crippen molar-refractivity contribution in [2.75, 3.05) is 20.3 Å². The van der Waals surface area contributed by atoms with E-state index in [1.165, 1.54) is 13.2 Å². The minimum atomic E-state index is -0.446. The fourth-order valence-electron chi connectivity index (χ4n) is 1.34. The van der Waals surface area contributed by atoms with E-state index in [1.54, 1.807) is 18.2 Å². The molecule has 1 atom stereocenters. The molecule has 17 heavy (non-hydrogen) atoms. The third kappa shape index (κ3) is 3.87. The average molecular weight is 234 g/mol. The van der Waals surface area contributed by atoms with Gasteiger partial charge >= 0.3 is 0 Å². The molecule has 0 fully saturated rings. The first-order valence-electron chi connectivity index (χ1n) is 5.12. The number of benzene rings is 1. The first-order valence-corrected chi connectivity index (χ1v) is 5.12. The molecule has 0 radical (unpaired) electrons. The molecule has 1 unspecified atom stereocenters. The standard InChI is InChI=1S/C12H14N2O3/c1-17-8-11(7-15)14-12(16)10-4-2-3-9(5-10)6-13/h2-5,11,15H,7-8H2,1H3,(H,14,16). The Morgan fingerprint density at radius 2 is 2.41 bits per heavy atom. The van der Waals surface area contributed by atoms with Crippen molar-refractivity contribution in [2.24, 2.45) is 0 Å². The Balaban J connectivity index is 2.72. The highest BCUT2D eigenvalue weighted by molar-refractivity contribution is 5.94. The number of hydrogen-bond donors (Lipinski definition) is 2. The number of hydrogen-bond acceptors (Lipinski definition) is 4. The second-order valence-electron chi connectivity index (χ2n) is 3.50. The van der Waals surface area contributed by atoms with Gasteiger partial charge < -0.3 is 15.2 Å². The lowest BCUT2D eigenvalue weighted by molar-refractivity contribution is 0.0839. The Hall–Kier alpha value is -1.90. The van der Waals surface area contributed by atoms with Gasteiger partial charge in [-0.3, -0.25) is 4.79 Å². The lowest BCUT2D eigenvalue weighted by Gasteiger charge is -2.15. The fraction of sp³-hybridized carbons (Fsp3) is 0.333. The summed E-state index contributed by atoms with van der Waals surface area (Å²) < 4.78 is 4.85. The van der Waals surface area contributed by atoms with Crippen LogP contribution in [0.2, 0.25) is 0 Å². The highest BCUT2D eigenvalue weighted by Gasteiger charge is 2.12. The zero-order valence-corrected chi connectivity index (χ0v) is 9.51. The number of ether oxygens (including phenoxy) is 1. The summed E-state index contributed by atoms with van der Waals surface area (Å²) >= 11 is 0. The normalized spacial score (nSPS) is 11.6. The maximum Gasteiger partial charge on any atom is 0.251 e. The van der Waals surface area contributed by atoms with Crippen LogP contribution in [0.25, 0.3) is 0 Å². The van der Waals surface area contributed by atoms with Crippen LogP contribution in [0.5, 0.6) is 0 Å². The SMILES string of the molecule is COCC(CO)NC(=O)c1cccc(C#N)c1. The van der Waals surface area contributed by atoms with E-state index in [4.69, 9.17) is 15.1 Å². The van der Waals surface area contributed by atoms with Gasteiger partial charge in [-0.05, 0) is 18.2 Å². The maximum atomic E-state index is 11.8. The molecule has 0 spiro atoms. The Labute approximate surface area is 99.6 Å². The van der Waals surface area contributed by atoms with Gasteiger partial charge in [0.05, 0.1) is 30.9 Å². The van der Waals surface area contributed by atoms with E-state index >= 15 is 0 Å². The van der Waals surface area contributed by atoms with E-state index in [-0.39, 0.29) is 19.1 Å². The third-order valence-electron chi connectivity index (χ3n) is 2.18. The van der Waals surface area contributed by atoms with Gasteiger partial charge in [0.15, 0.2) is 0 Å². The zero-order valence-electron chi connectivity index (χ0n) is 9.51. The van der Waals surface area contributed by atoms with Gasteiger partial charge in [-0.25, -0.2) is 0 Å². The van der Waals surface area contributed by atoms with Crippen molar-refractivity contribution >= 4 is 5.91 Å². The summed E-state index contributed by atoms with van der Waals surface area (Å²) in [4.78, 5) is 11.8. The van der Waals surface area contributed by atoms with E-state index < -0.39 is 6.04 Å². The van der Waals surface area contributed by atoms with Crippen molar-refractivity contribution in [2.45, 2.75) is 6.04 Å². The van der Waals surface area contributed by atoms with Crippen molar-refractivity contribution < 1.29 is 14.6 Å². The van der Waals surface area contributed by atoms with E-state index in [0.717, 1.165) is 0 Å². The van der Waals surface area contributed by atoms with Crippen LogP contribution in [-0.2, 0) is 4.74 Å². The van der Waals surface area contributed by atoms with Crippen molar-refractivity contribution in [1.29, 1.82) is 5.26 Å². The summed E-state index contributed by atoms with van der Waals surface area (Å²) in [6.07, 6.45) is 0. The average Bonchev–Trinajstić information content (AvgIpc) is 2.38. The lowest BCUT2D eigenvalue weighted by atomic mass is 10.1. The molecule has 1 aromatic carbocycles. The predicted molar refractivity (Wildman–Crippen MR) is 61.4 cm³/mol. The van der Waals surface area contributed by atoms with Gasteiger partial charge in [0.1, 0.15) is 0 Å². The number of methoxy groups -OCH3 is 1. The molecule has 90 valence electrons. The van der Waals surface area contributed by atoms with Gasteiger partial charge in [0, 0.05) is 12.7 Å². The number of carbonyl (C=O) groups is 1. The number of aliphatic hydroxyl groups excluding tert-OH is 1. The minimum absolute atomic E-state index is 0.197. The molecular formula is C12H14N2O3. The molecule has 0 aromatic heterocycles. The number of amides is 1. The second-order valence-corrected chi connectivity index (χ2v) is 3.50. The molecule has 2 N–H and O–H groups in total. The number of nitrogens with one attached hydrogen (secondary N) is 1. The summed E-state index contributed by atoms with van der Waals surface area (Å²) in [7, 11) is 1.49. The fourth-order valence-corrected chi connectivity index (χ4v) is 1.34. The Bertz CT molecular complexity index is 426. The molecule has 1 rings (SSSR count). The molecule has 1 aromatic rings. The number of rotatable bonds is 5. The largest absolute Gasteiger partial charge is 0.394 e. The summed E-state index contributed by atoms with van der Waals surface area (Å²) in [5.74, 6) is -0.335. The van der Waals surface area contributed by atoms with E-state index in [9.17, 15) is 4.79 Å². The lowest BCUT2D eigenvalue weighted by Crippen LogP contribution is -2.40. The minimum Gasteiger partial charge on any atom is -0.394 e. The number of nitriles is 1. The summed E-state index contributed by atoms with van der Waals surface area (Å²) in [6.45, 7) is 0.0394. The third-order valence-corrected chi connectivity index (χ3v) is 2.18. The maximum absolute atomic E-state index is 11.8. The van der Waals surface area contributed by atoms with Gasteiger partial charge in [-0.1, -0.05) is 6.07 Å². The van der Waals surface area contributed by atoms with Crippen LogP contribution < -0.4 is 5.32 Å². The van der Waals surface area contributed by atoms with Gasteiger partial charge in [0.25, 0.3) is 5.91 Å². The molecule has 1 amide bonds. The van der Waals surface area contributed by atoms with Crippen molar-refractivity contribution in [3.63, 3.8) is 0 Å². The molecule has 0 saturated carbocycles. The monoisotopic (exact) mass is 234 g/mol. The molecule has 0 aliphatic heterocycles. The van der Waals surface area contributed by atoms with E-state index in [1.807, 2.05) is 6.07 Å². The smallest absolute Gasteiger partial charge is 0.251 e. The predicted octanol–water partition coefficient (Wildman–Crippen LogP) is 0.295. The van der Waals surface area contributed by atoms with Crippen LogP contribution in [0, 0.1) is 11.3 Å². The molecule has 5 nitrogen and oxygen atoms in total. The summed E-state index contributed by atoms with van der Waals surface area (Å²) in [5, 5.41) is 20.3. The van der Waals surface area contributed by atoms with Crippen LogP contribution in [0.3, 0.4) is 0 Å².